The lowest BCUT2D eigenvalue weighted by Crippen LogP contribution is -2.39. The number of hydrogen-bond donors (Lipinski definition) is 1. The SMILES string of the molecule is Cl.O=C(C1CC12CCNCC2)N1CCc2oc(-c3cc(F)cc(F)c3)nc2C1. The van der Waals surface area contributed by atoms with E-state index in [1.54, 1.807) is 0 Å². The van der Waals surface area contributed by atoms with Crippen LogP contribution >= 0.6 is 12.4 Å². The highest BCUT2D eigenvalue weighted by Crippen LogP contribution is 2.59. The highest BCUT2D eigenvalue weighted by molar-refractivity contribution is 5.85. The molecule has 1 aliphatic carbocycles. The zero-order valence-corrected chi connectivity index (χ0v) is 16.2. The summed E-state index contributed by atoms with van der Waals surface area (Å²) in [6.07, 6.45) is 3.71. The number of oxazole rings is 1. The molecule has 5 nitrogen and oxygen atoms in total. The molecule has 1 aromatic carbocycles. The zero-order chi connectivity index (χ0) is 18.6. The Balaban J connectivity index is 0.00000192. The molecule has 2 aliphatic heterocycles. The summed E-state index contributed by atoms with van der Waals surface area (Å²) in [5.41, 5.74) is 1.17. The summed E-state index contributed by atoms with van der Waals surface area (Å²) in [5, 5.41) is 3.36. The van der Waals surface area contributed by atoms with Crippen LogP contribution in [-0.2, 0) is 17.8 Å². The van der Waals surface area contributed by atoms with Crippen LogP contribution in [0.1, 0.15) is 30.7 Å². The van der Waals surface area contributed by atoms with Gasteiger partial charge in [-0.3, -0.25) is 4.79 Å². The number of aromatic nitrogens is 1. The summed E-state index contributed by atoms with van der Waals surface area (Å²) in [5.74, 6) is -0.0910. The molecule has 3 heterocycles. The molecule has 8 heteroatoms. The van der Waals surface area contributed by atoms with Gasteiger partial charge in [-0.15, -0.1) is 12.4 Å². The number of rotatable bonds is 2. The smallest absolute Gasteiger partial charge is 0.226 e. The maximum Gasteiger partial charge on any atom is 0.226 e. The van der Waals surface area contributed by atoms with Crippen molar-refractivity contribution < 1.29 is 18.0 Å². The Hall–Kier alpha value is -1.99. The summed E-state index contributed by atoms with van der Waals surface area (Å²) in [6, 6.07) is 3.22. The molecule has 0 bridgehead atoms. The molecule has 1 amide bonds. The van der Waals surface area contributed by atoms with Gasteiger partial charge in [-0.1, -0.05) is 0 Å². The second-order valence-corrected chi connectivity index (χ2v) is 7.93. The molecule has 0 radical (unpaired) electrons. The van der Waals surface area contributed by atoms with Gasteiger partial charge in [-0.25, -0.2) is 13.8 Å². The Morgan fingerprint density at radius 3 is 2.64 bits per heavy atom. The lowest BCUT2D eigenvalue weighted by molar-refractivity contribution is -0.134. The molecular formula is C20H22ClF2N3O2. The topological polar surface area (TPSA) is 58.4 Å². The number of fused-ring (bicyclic) bond motifs is 1. The van der Waals surface area contributed by atoms with E-state index in [1.807, 2.05) is 4.90 Å². The van der Waals surface area contributed by atoms with Crippen molar-refractivity contribution in [3.63, 3.8) is 0 Å². The van der Waals surface area contributed by atoms with Crippen LogP contribution in [0, 0.1) is 23.0 Å². The Morgan fingerprint density at radius 2 is 1.93 bits per heavy atom. The van der Waals surface area contributed by atoms with Gasteiger partial charge in [0.25, 0.3) is 0 Å². The first-order chi connectivity index (χ1) is 13.0. The number of piperidine rings is 1. The lowest BCUT2D eigenvalue weighted by Gasteiger charge is -2.28. The van der Waals surface area contributed by atoms with Crippen molar-refractivity contribution in [3.05, 3.63) is 41.3 Å². The van der Waals surface area contributed by atoms with Gasteiger partial charge in [0.1, 0.15) is 23.1 Å². The van der Waals surface area contributed by atoms with Crippen LogP contribution in [-0.4, -0.2) is 35.4 Å². The average molecular weight is 410 g/mol. The molecule has 3 aliphatic rings. The monoisotopic (exact) mass is 409 g/mol. The quantitative estimate of drug-likeness (QED) is 0.826. The molecule has 1 unspecified atom stereocenters. The highest BCUT2D eigenvalue weighted by Gasteiger charge is 2.58. The van der Waals surface area contributed by atoms with E-state index in [1.165, 1.54) is 12.1 Å². The third-order valence-electron chi connectivity index (χ3n) is 6.24. The molecule has 1 saturated carbocycles. The van der Waals surface area contributed by atoms with Crippen molar-refractivity contribution in [2.45, 2.75) is 32.2 Å². The normalized spacial score (nSPS) is 22.5. The summed E-state index contributed by atoms with van der Waals surface area (Å²) in [4.78, 5) is 19.2. The Kier molecular flexibility index (Phi) is 4.91. The molecule has 2 fully saturated rings. The summed E-state index contributed by atoms with van der Waals surface area (Å²) in [6.45, 7) is 2.98. The maximum absolute atomic E-state index is 13.5. The van der Waals surface area contributed by atoms with Crippen molar-refractivity contribution in [2.75, 3.05) is 19.6 Å². The van der Waals surface area contributed by atoms with Crippen molar-refractivity contribution in [2.24, 2.45) is 11.3 Å². The van der Waals surface area contributed by atoms with Crippen LogP contribution in [0.15, 0.2) is 22.6 Å². The van der Waals surface area contributed by atoms with Gasteiger partial charge < -0.3 is 14.6 Å². The molecular weight excluding hydrogens is 388 g/mol. The number of hydrogen-bond acceptors (Lipinski definition) is 4. The number of amides is 1. The summed E-state index contributed by atoms with van der Waals surface area (Å²) >= 11 is 0. The molecule has 1 spiro atoms. The van der Waals surface area contributed by atoms with Gasteiger partial charge >= 0.3 is 0 Å². The minimum Gasteiger partial charge on any atom is -0.441 e. The molecule has 28 heavy (non-hydrogen) atoms. The summed E-state index contributed by atoms with van der Waals surface area (Å²) < 4.78 is 32.7. The first-order valence-electron chi connectivity index (χ1n) is 9.49. The second-order valence-electron chi connectivity index (χ2n) is 7.93. The highest BCUT2D eigenvalue weighted by atomic mass is 35.5. The zero-order valence-electron chi connectivity index (χ0n) is 15.3. The van der Waals surface area contributed by atoms with E-state index in [9.17, 15) is 13.6 Å². The van der Waals surface area contributed by atoms with E-state index in [4.69, 9.17) is 4.42 Å². The van der Waals surface area contributed by atoms with Gasteiger partial charge in [0.2, 0.25) is 11.8 Å². The van der Waals surface area contributed by atoms with Gasteiger partial charge in [0.05, 0.1) is 6.54 Å². The fourth-order valence-electron chi connectivity index (χ4n) is 4.58. The van der Waals surface area contributed by atoms with E-state index in [0.717, 1.165) is 38.4 Å². The summed E-state index contributed by atoms with van der Waals surface area (Å²) in [7, 11) is 0. The van der Waals surface area contributed by atoms with Crippen LogP contribution in [0.4, 0.5) is 8.78 Å². The second kappa shape index (κ2) is 7.12. The first kappa shape index (κ1) is 19.3. The van der Waals surface area contributed by atoms with E-state index < -0.39 is 11.6 Å². The predicted molar refractivity (Wildman–Crippen MR) is 101 cm³/mol. The van der Waals surface area contributed by atoms with E-state index in [-0.39, 0.29) is 41.1 Å². The molecule has 1 saturated heterocycles. The lowest BCUT2D eigenvalue weighted by atomic mass is 9.91. The Bertz CT molecular complexity index is 891. The predicted octanol–water partition coefficient (Wildman–Crippen LogP) is 3.32. The minimum absolute atomic E-state index is 0. The molecule has 5 rings (SSSR count). The minimum atomic E-state index is -0.668. The van der Waals surface area contributed by atoms with Crippen LogP contribution in [0.3, 0.4) is 0 Å². The number of benzene rings is 1. The van der Waals surface area contributed by atoms with Gasteiger partial charge in [-0.2, -0.15) is 0 Å². The van der Waals surface area contributed by atoms with Gasteiger partial charge in [0.15, 0.2) is 0 Å². The standard InChI is InChI=1S/C20H21F2N3O2.ClH/c21-13-7-12(8-14(22)9-13)18-24-16-11-25(6-1-17(16)27-18)19(26)15-10-20(15)2-4-23-5-3-20;/h7-9,15,23H,1-6,10-11H2;1H. The number of carbonyl (C=O) groups excluding carboxylic acids is 1. The number of halogens is 3. The average Bonchev–Trinajstić information content (AvgIpc) is 3.15. The van der Waals surface area contributed by atoms with Crippen LogP contribution < -0.4 is 5.32 Å². The van der Waals surface area contributed by atoms with E-state index in [0.29, 0.717) is 31.0 Å². The van der Waals surface area contributed by atoms with Crippen LogP contribution in [0.5, 0.6) is 0 Å². The number of nitrogens with zero attached hydrogens (tertiary/aromatic N) is 2. The molecule has 1 N–H and O–H groups in total. The Morgan fingerprint density at radius 1 is 1.21 bits per heavy atom. The van der Waals surface area contributed by atoms with Crippen LogP contribution in [0.25, 0.3) is 11.5 Å². The van der Waals surface area contributed by atoms with Crippen molar-refractivity contribution in [1.82, 2.24) is 15.2 Å². The van der Waals surface area contributed by atoms with Gasteiger partial charge in [-0.05, 0) is 49.9 Å². The van der Waals surface area contributed by atoms with Crippen molar-refractivity contribution >= 4 is 18.3 Å². The van der Waals surface area contributed by atoms with Crippen LogP contribution in [0.2, 0.25) is 0 Å². The number of nitrogens with one attached hydrogen (secondary N) is 1. The van der Waals surface area contributed by atoms with Crippen molar-refractivity contribution in [1.29, 1.82) is 0 Å². The Labute approximate surface area is 167 Å². The number of carbonyl (C=O) groups is 1. The van der Waals surface area contributed by atoms with Gasteiger partial charge in [0, 0.05) is 30.5 Å². The molecule has 1 aromatic heterocycles. The third-order valence-corrected chi connectivity index (χ3v) is 6.24. The fourth-order valence-corrected chi connectivity index (χ4v) is 4.58. The molecule has 1 atom stereocenters. The first-order valence-corrected chi connectivity index (χ1v) is 9.49. The maximum atomic E-state index is 13.5. The fraction of sp³-hybridized carbons (Fsp3) is 0.500. The molecule has 150 valence electrons. The largest absolute Gasteiger partial charge is 0.441 e. The van der Waals surface area contributed by atoms with E-state index in [2.05, 4.69) is 10.3 Å². The van der Waals surface area contributed by atoms with Crippen molar-refractivity contribution in [3.8, 4) is 11.5 Å². The molecule has 2 aromatic rings. The van der Waals surface area contributed by atoms with E-state index >= 15 is 0 Å². The third kappa shape index (κ3) is 3.31.